The first-order chi connectivity index (χ1) is 57.6. The van der Waals surface area contributed by atoms with E-state index < -0.39 is 10.8 Å². The van der Waals surface area contributed by atoms with E-state index in [0.717, 1.165) is 106 Å². The van der Waals surface area contributed by atoms with E-state index in [0.29, 0.717) is 0 Å². The van der Waals surface area contributed by atoms with Gasteiger partial charge in [0.25, 0.3) is 0 Å². The standard InChI is InChI=1S/C110H66N4O2/c1-2-24-67(25-3-1)68-56-59-73(60-57-68)112(100-48-21-35-82-79-30-7-16-49-101(79)116-108(82)100)98-46-22-40-90-104(98)83-31-5-10-37-87(83)109(90)88-38-11-14-44-96(88)114-95-63-58-72(65-85(95)81-34-20-41-91(109)107(81)114)70-54-52-69(53-55-70)71-26-18-27-74(64-71)111(99-47-23-51-103-105(99)84-32-8-17-50-102(84)115-103)75-61-62-77-76-28-4-9-36-86(76)110(93(77)66-75)89-39-12-15-45-97(89)113-94-43-13-6-29-78(94)80-33-19-42-92(110)106(80)113/h1-66H. The highest BCUT2D eigenvalue weighted by Gasteiger charge is 2.54. The lowest BCUT2D eigenvalue weighted by atomic mass is 9.65. The molecule has 0 amide bonds. The summed E-state index contributed by atoms with van der Waals surface area (Å²) in [4.78, 5) is 4.93. The summed E-state index contributed by atoms with van der Waals surface area (Å²) in [6, 6.07) is 149. The van der Waals surface area contributed by atoms with Gasteiger partial charge >= 0.3 is 0 Å². The van der Waals surface area contributed by atoms with Crippen LogP contribution in [0.25, 0.3) is 154 Å². The third kappa shape index (κ3) is 8.37. The van der Waals surface area contributed by atoms with Gasteiger partial charge in [-0.2, -0.15) is 0 Å². The van der Waals surface area contributed by atoms with Gasteiger partial charge in [-0.15, -0.1) is 0 Å². The zero-order chi connectivity index (χ0) is 75.6. The van der Waals surface area contributed by atoms with E-state index in [2.05, 4.69) is 419 Å². The molecule has 26 rings (SSSR count). The van der Waals surface area contributed by atoms with Crippen molar-refractivity contribution in [3.8, 4) is 67.0 Å². The number of nitrogens with zero attached hydrogens (tertiary/aromatic N) is 4. The summed E-state index contributed by atoms with van der Waals surface area (Å²) < 4.78 is 18.8. The molecule has 6 nitrogen and oxygen atoms in total. The lowest BCUT2D eigenvalue weighted by Gasteiger charge is -2.40. The van der Waals surface area contributed by atoms with Gasteiger partial charge in [-0.05, 0) is 198 Å². The Balaban J connectivity index is 0.608. The monoisotopic (exact) mass is 1470 g/mol. The highest BCUT2D eigenvalue weighted by Crippen LogP contribution is 2.66. The van der Waals surface area contributed by atoms with Crippen LogP contribution in [0.3, 0.4) is 0 Å². The van der Waals surface area contributed by atoms with Crippen molar-refractivity contribution in [3.05, 3.63) is 445 Å². The van der Waals surface area contributed by atoms with Crippen LogP contribution in [0.1, 0.15) is 44.5 Å². The minimum absolute atomic E-state index is 0.641. The van der Waals surface area contributed by atoms with Crippen LogP contribution in [0, 0.1) is 0 Å². The topological polar surface area (TPSA) is 42.6 Å². The van der Waals surface area contributed by atoms with Crippen LogP contribution >= 0.6 is 0 Å². The Morgan fingerprint density at radius 1 is 0.224 bits per heavy atom. The fourth-order valence-corrected chi connectivity index (χ4v) is 21.5. The van der Waals surface area contributed by atoms with Gasteiger partial charge < -0.3 is 27.8 Å². The van der Waals surface area contributed by atoms with Crippen molar-refractivity contribution < 1.29 is 8.83 Å². The molecule has 18 aromatic carbocycles. The average Bonchev–Trinajstić information content (AvgIpc) is 1.49. The van der Waals surface area contributed by atoms with Crippen LogP contribution in [0.5, 0.6) is 0 Å². The van der Waals surface area contributed by atoms with E-state index >= 15 is 0 Å². The SMILES string of the molecule is c1ccc(-c2ccc(N(c3cccc4c3-c3ccccc3C43c4ccccc4-n4c5ccc(-c6ccc(-c7cccc(N(c8ccc9c(c8)C8(c%10ccccc%10-9)c9ccccc9-n9c%10ccccc%10c%10cccc8c%109)c8cccc9oc%10ccccc%10c89)c7)cc6)cc5c5cccc3c54)c3cccc4c3oc3ccccc34)cc2)cc1. The molecule has 0 fully saturated rings. The van der Waals surface area contributed by atoms with E-state index in [9.17, 15) is 0 Å². The minimum atomic E-state index is -0.692. The van der Waals surface area contributed by atoms with Gasteiger partial charge in [0.1, 0.15) is 16.7 Å². The van der Waals surface area contributed by atoms with Gasteiger partial charge in [-0.3, -0.25) is 0 Å². The van der Waals surface area contributed by atoms with Crippen LogP contribution in [0.2, 0.25) is 0 Å². The molecule has 22 aromatic rings. The maximum Gasteiger partial charge on any atom is 0.159 e. The summed E-state index contributed by atoms with van der Waals surface area (Å²) in [6.45, 7) is 0. The maximum atomic E-state index is 6.97. The van der Waals surface area contributed by atoms with Crippen LogP contribution in [-0.2, 0) is 10.8 Å². The van der Waals surface area contributed by atoms with Crippen molar-refractivity contribution >= 4 is 122 Å². The second kappa shape index (κ2) is 23.7. The summed E-state index contributed by atoms with van der Waals surface area (Å²) in [6.07, 6.45) is 0. The van der Waals surface area contributed by atoms with Crippen molar-refractivity contribution in [1.29, 1.82) is 0 Å². The average molecular weight is 1480 g/mol. The molecule has 2 atom stereocenters. The minimum Gasteiger partial charge on any atom is -0.456 e. The molecule has 2 unspecified atom stereocenters. The third-order valence-corrected chi connectivity index (χ3v) is 26.1. The normalized spacial score (nSPS) is 15.1. The zero-order valence-electron chi connectivity index (χ0n) is 62.7. The Hall–Kier alpha value is -15.2. The molecule has 2 aliphatic heterocycles. The predicted octanol–water partition coefficient (Wildman–Crippen LogP) is 29.0. The molecule has 538 valence electrons. The molecule has 116 heavy (non-hydrogen) atoms. The van der Waals surface area contributed by atoms with E-state index in [-0.39, 0.29) is 0 Å². The van der Waals surface area contributed by atoms with Crippen LogP contribution in [0.15, 0.2) is 409 Å². The molecular weight excluding hydrogens is 1410 g/mol. The van der Waals surface area contributed by atoms with Crippen molar-refractivity contribution in [2.45, 2.75) is 10.8 Å². The van der Waals surface area contributed by atoms with Crippen LogP contribution < -0.4 is 9.80 Å². The molecule has 4 aromatic heterocycles. The van der Waals surface area contributed by atoms with Crippen molar-refractivity contribution in [3.63, 3.8) is 0 Å². The number of para-hydroxylation sites is 8. The maximum absolute atomic E-state index is 6.97. The summed E-state index contributed by atoms with van der Waals surface area (Å²) in [7, 11) is 0. The Kier molecular flexibility index (Phi) is 12.9. The Morgan fingerprint density at radius 2 is 0.681 bits per heavy atom. The Labute approximate surface area is 667 Å². The largest absolute Gasteiger partial charge is 0.456 e. The number of hydrogen-bond acceptors (Lipinski definition) is 4. The van der Waals surface area contributed by atoms with E-state index in [1.54, 1.807) is 0 Å². The molecule has 6 heteroatoms. The van der Waals surface area contributed by atoms with Gasteiger partial charge in [0, 0.05) is 60.3 Å². The van der Waals surface area contributed by atoms with Crippen LogP contribution in [-0.4, -0.2) is 9.13 Å². The molecule has 2 aliphatic carbocycles. The van der Waals surface area contributed by atoms with E-state index in [4.69, 9.17) is 8.83 Å². The first-order valence-electron chi connectivity index (χ1n) is 40.1. The number of furan rings is 2. The Morgan fingerprint density at radius 3 is 1.44 bits per heavy atom. The molecule has 0 bridgehead atoms. The fourth-order valence-electron chi connectivity index (χ4n) is 21.5. The van der Waals surface area contributed by atoms with Crippen molar-refractivity contribution in [1.82, 2.24) is 9.13 Å². The quantitative estimate of drug-likeness (QED) is 0.144. The van der Waals surface area contributed by atoms with Crippen molar-refractivity contribution in [2.75, 3.05) is 9.80 Å². The molecule has 0 radical (unpaired) electrons. The third-order valence-electron chi connectivity index (χ3n) is 26.1. The highest BCUT2D eigenvalue weighted by molar-refractivity contribution is 6.18. The molecule has 6 heterocycles. The first kappa shape index (κ1) is 63.4. The zero-order valence-corrected chi connectivity index (χ0v) is 62.7. The van der Waals surface area contributed by atoms with Gasteiger partial charge in [0.05, 0.1) is 66.7 Å². The lowest BCUT2D eigenvalue weighted by molar-refractivity contribution is 0.668. The Bertz CT molecular complexity index is 7990. The number of benzene rings is 18. The lowest BCUT2D eigenvalue weighted by Crippen LogP contribution is -2.33. The summed E-state index contributed by atoms with van der Waals surface area (Å²) >= 11 is 0. The number of aromatic nitrogens is 2. The first-order valence-corrected chi connectivity index (χ1v) is 40.1. The molecule has 2 spiro atoms. The second-order valence-corrected chi connectivity index (χ2v) is 31.6. The molecular formula is C110H66N4O2. The van der Waals surface area contributed by atoms with Gasteiger partial charge in [0.15, 0.2) is 5.58 Å². The summed E-state index contributed by atoms with van der Waals surface area (Å²) in [5, 5.41) is 9.26. The van der Waals surface area contributed by atoms with Gasteiger partial charge in [-0.25, -0.2) is 0 Å². The molecule has 0 saturated heterocycles. The summed E-state index contributed by atoms with van der Waals surface area (Å²) in [5.41, 5.74) is 37.5. The molecule has 0 saturated carbocycles. The smallest absolute Gasteiger partial charge is 0.159 e. The van der Waals surface area contributed by atoms with Gasteiger partial charge in [-0.1, -0.05) is 297 Å². The van der Waals surface area contributed by atoms with Gasteiger partial charge in [0.2, 0.25) is 0 Å². The van der Waals surface area contributed by atoms with Crippen molar-refractivity contribution in [2.24, 2.45) is 0 Å². The van der Waals surface area contributed by atoms with E-state index in [1.165, 1.54) is 127 Å². The summed E-state index contributed by atoms with van der Waals surface area (Å²) in [5.74, 6) is 0. The molecule has 0 N–H and O–H groups in total. The highest BCUT2D eigenvalue weighted by atomic mass is 16.3. The number of hydrogen-bond donors (Lipinski definition) is 0. The number of fused-ring (bicyclic) bond motifs is 30. The fraction of sp³-hybridized carbons (Fsp3) is 0.0182. The molecule has 4 aliphatic rings. The predicted molar refractivity (Wildman–Crippen MR) is 477 cm³/mol. The van der Waals surface area contributed by atoms with Crippen LogP contribution in [0.4, 0.5) is 34.1 Å². The number of rotatable bonds is 9. The van der Waals surface area contributed by atoms with E-state index in [1.807, 2.05) is 0 Å². The second-order valence-electron chi connectivity index (χ2n) is 31.6. The number of anilines is 6.